The lowest BCUT2D eigenvalue weighted by atomic mass is 10.1. The number of carbonyl (C=O) groups excluding carboxylic acids is 1. The number of amides is 1. The van der Waals surface area contributed by atoms with Crippen LogP contribution in [-0.4, -0.2) is 17.9 Å². The molecule has 0 radical (unpaired) electrons. The van der Waals surface area contributed by atoms with Crippen LogP contribution in [0.3, 0.4) is 0 Å². The van der Waals surface area contributed by atoms with Crippen LogP contribution in [0.2, 0.25) is 5.02 Å². The van der Waals surface area contributed by atoms with Crippen LogP contribution in [0.15, 0.2) is 48.7 Å². The van der Waals surface area contributed by atoms with E-state index >= 15 is 0 Å². The van der Waals surface area contributed by atoms with E-state index in [4.69, 9.17) is 11.6 Å². The number of nitrogens with zero attached hydrogens (tertiary/aromatic N) is 1. The highest BCUT2D eigenvalue weighted by Crippen LogP contribution is 2.30. The van der Waals surface area contributed by atoms with Gasteiger partial charge in [-0.15, -0.1) is 0 Å². The number of halogens is 2. The summed E-state index contributed by atoms with van der Waals surface area (Å²) in [6.07, 6.45) is 1.47. The Labute approximate surface area is 137 Å². The van der Waals surface area contributed by atoms with Crippen LogP contribution < -0.4 is 10.6 Å². The van der Waals surface area contributed by atoms with E-state index in [1.54, 1.807) is 6.07 Å². The molecule has 0 fully saturated rings. The average molecular weight is 330 g/mol. The maximum atomic E-state index is 14.1. The summed E-state index contributed by atoms with van der Waals surface area (Å²) >= 11 is 5.78. The summed E-state index contributed by atoms with van der Waals surface area (Å²) < 4.78 is 14.1. The molecule has 1 heterocycles. The minimum absolute atomic E-state index is 0.232. The van der Waals surface area contributed by atoms with Crippen LogP contribution in [0.4, 0.5) is 15.8 Å². The number of anilines is 2. The van der Waals surface area contributed by atoms with Gasteiger partial charge in [0.1, 0.15) is 5.82 Å². The molecule has 3 rings (SSSR count). The summed E-state index contributed by atoms with van der Waals surface area (Å²) in [6, 6.07) is 11.7. The Morgan fingerprint density at radius 1 is 1.22 bits per heavy atom. The molecule has 1 aromatic heterocycles. The zero-order chi connectivity index (χ0) is 16.4. The third-order valence-electron chi connectivity index (χ3n) is 3.44. The van der Waals surface area contributed by atoms with Gasteiger partial charge in [0.05, 0.1) is 22.5 Å². The summed E-state index contributed by atoms with van der Waals surface area (Å²) in [5.41, 5.74) is 1.77. The molecule has 0 aliphatic carbocycles. The molecule has 0 saturated carbocycles. The quantitative estimate of drug-likeness (QED) is 0.759. The molecule has 4 nitrogen and oxygen atoms in total. The maximum absolute atomic E-state index is 14.1. The number of fused-ring (bicyclic) bond motifs is 1. The zero-order valence-corrected chi connectivity index (χ0v) is 13.0. The first-order valence-corrected chi connectivity index (χ1v) is 7.30. The third-order valence-corrected chi connectivity index (χ3v) is 3.67. The molecule has 0 aliphatic rings. The van der Waals surface area contributed by atoms with E-state index in [0.717, 1.165) is 5.39 Å². The van der Waals surface area contributed by atoms with Crippen molar-refractivity contribution in [2.24, 2.45) is 0 Å². The fourth-order valence-electron chi connectivity index (χ4n) is 2.31. The van der Waals surface area contributed by atoms with Gasteiger partial charge in [0.15, 0.2) is 0 Å². The van der Waals surface area contributed by atoms with E-state index in [1.165, 1.54) is 25.4 Å². The molecule has 2 N–H and O–H groups in total. The van der Waals surface area contributed by atoms with Crippen LogP contribution in [-0.2, 0) is 0 Å². The van der Waals surface area contributed by atoms with E-state index in [-0.39, 0.29) is 11.6 Å². The molecule has 0 aliphatic heterocycles. The number of hydrogen-bond donors (Lipinski definition) is 2. The van der Waals surface area contributed by atoms with Crippen LogP contribution in [0.25, 0.3) is 10.9 Å². The highest BCUT2D eigenvalue weighted by Gasteiger charge is 2.16. The van der Waals surface area contributed by atoms with Crippen molar-refractivity contribution in [3.05, 3.63) is 65.1 Å². The van der Waals surface area contributed by atoms with Crippen molar-refractivity contribution >= 4 is 39.8 Å². The maximum Gasteiger partial charge on any atom is 0.254 e. The zero-order valence-electron chi connectivity index (χ0n) is 12.2. The molecule has 0 saturated heterocycles. The first kappa shape index (κ1) is 15.2. The van der Waals surface area contributed by atoms with Crippen molar-refractivity contribution in [1.82, 2.24) is 10.3 Å². The Morgan fingerprint density at radius 3 is 2.74 bits per heavy atom. The summed E-state index contributed by atoms with van der Waals surface area (Å²) in [6.45, 7) is 0. The number of nitrogens with one attached hydrogen (secondary N) is 2. The molecule has 0 spiro atoms. The predicted octanol–water partition coefficient (Wildman–Crippen LogP) is 4.13. The first-order chi connectivity index (χ1) is 11.1. The topological polar surface area (TPSA) is 54.0 Å². The van der Waals surface area contributed by atoms with Gasteiger partial charge in [-0.2, -0.15) is 0 Å². The van der Waals surface area contributed by atoms with Crippen molar-refractivity contribution in [3.8, 4) is 0 Å². The normalized spacial score (nSPS) is 10.6. The highest BCUT2D eigenvalue weighted by molar-refractivity contribution is 6.30. The van der Waals surface area contributed by atoms with Crippen molar-refractivity contribution < 1.29 is 9.18 Å². The van der Waals surface area contributed by atoms with Crippen molar-refractivity contribution in [2.75, 3.05) is 12.4 Å². The van der Waals surface area contributed by atoms with E-state index in [1.807, 2.05) is 24.3 Å². The molecule has 0 bridgehead atoms. The van der Waals surface area contributed by atoms with Crippen molar-refractivity contribution in [1.29, 1.82) is 0 Å². The van der Waals surface area contributed by atoms with Gasteiger partial charge in [-0.05, 0) is 24.3 Å². The lowest BCUT2D eigenvalue weighted by molar-refractivity contribution is 0.0963. The van der Waals surface area contributed by atoms with Gasteiger partial charge in [-0.1, -0.05) is 29.8 Å². The Bertz CT molecular complexity index is 898. The van der Waals surface area contributed by atoms with Gasteiger partial charge in [-0.25, -0.2) is 4.39 Å². The second kappa shape index (κ2) is 6.22. The smallest absolute Gasteiger partial charge is 0.254 e. The lowest BCUT2D eigenvalue weighted by Gasteiger charge is -2.14. The van der Waals surface area contributed by atoms with E-state index in [9.17, 15) is 9.18 Å². The molecular formula is C17H13ClFN3O. The lowest BCUT2D eigenvalue weighted by Crippen LogP contribution is -2.19. The third kappa shape index (κ3) is 2.96. The molecule has 6 heteroatoms. The Balaban J connectivity index is 2.18. The van der Waals surface area contributed by atoms with Gasteiger partial charge >= 0.3 is 0 Å². The van der Waals surface area contributed by atoms with E-state index in [2.05, 4.69) is 15.6 Å². The summed E-state index contributed by atoms with van der Waals surface area (Å²) in [5.74, 6) is -0.804. The number of rotatable bonds is 3. The molecule has 2 aromatic carbocycles. The monoisotopic (exact) mass is 329 g/mol. The average Bonchev–Trinajstić information content (AvgIpc) is 2.56. The molecule has 1 amide bonds. The number of pyridine rings is 1. The molecule has 0 atom stereocenters. The van der Waals surface area contributed by atoms with Gasteiger partial charge in [-0.3, -0.25) is 9.78 Å². The number of carbonyl (C=O) groups is 1. The number of aromatic nitrogens is 1. The van der Waals surface area contributed by atoms with E-state index in [0.29, 0.717) is 21.8 Å². The van der Waals surface area contributed by atoms with Crippen molar-refractivity contribution in [2.45, 2.75) is 0 Å². The number of para-hydroxylation sites is 1. The molecule has 116 valence electrons. The fraction of sp³-hybridized carbons (Fsp3) is 0.0588. The van der Waals surface area contributed by atoms with Gasteiger partial charge < -0.3 is 10.6 Å². The SMILES string of the molecule is CNC(=O)c1cnc2ccccc2c1Nc1ccc(Cl)cc1F. The van der Waals surface area contributed by atoms with Crippen LogP contribution in [0.5, 0.6) is 0 Å². The largest absolute Gasteiger partial charge is 0.355 e. The Kier molecular flexibility index (Phi) is 4.12. The second-order valence-electron chi connectivity index (χ2n) is 4.89. The Hall–Kier alpha value is -2.66. The fourth-order valence-corrected chi connectivity index (χ4v) is 2.47. The van der Waals surface area contributed by atoms with Gasteiger partial charge in [0.2, 0.25) is 0 Å². The minimum Gasteiger partial charge on any atom is -0.355 e. The first-order valence-electron chi connectivity index (χ1n) is 6.92. The summed E-state index contributed by atoms with van der Waals surface area (Å²) in [7, 11) is 1.53. The van der Waals surface area contributed by atoms with E-state index < -0.39 is 5.82 Å². The molecular weight excluding hydrogens is 317 g/mol. The van der Waals surface area contributed by atoms with Gasteiger partial charge in [0.25, 0.3) is 5.91 Å². The number of benzene rings is 2. The molecule has 23 heavy (non-hydrogen) atoms. The second-order valence-corrected chi connectivity index (χ2v) is 5.33. The standard InChI is InChI=1S/C17H13ClFN3O/c1-20-17(23)12-9-21-14-5-3-2-4-11(14)16(12)22-15-7-6-10(18)8-13(15)19/h2-9H,1H3,(H,20,23)(H,21,22). The van der Waals surface area contributed by atoms with Crippen LogP contribution in [0, 0.1) is 5.82 Å². The van der Waals surface area contributed by atoms with Gasteiger partial charge in [0, 0.05) is 23.7 Å². The minimum atomic E-state index is -0.499. The highest BCUT2D eigenvalue weighted by atomic mass is 35.5. The summed E-state index contributed by atoms with van der Waals surface area (Å²) in [4.78, 5) is 16.4. The van der Waals surface area contributed by atoms with Crippen LogP contribution in [0.1, 0.15) is 10.4 Å². The summed E-state index contributed by atoms with van der Waals surface area (Å²) in [5, 5.41) is 6.58. The Morgan fingerprint density at radius 2 is 2.00 bits per heavy atom. The van der Waals surface area contributed by atoms with Crippen LogP contribution >= 0.6 is 11.6 Å². The number of hydrogen-bond acceptors (Lipinski definition) is 3. The molecule has 0 unspecified atom stereocenters. The molecule has 3 aromatic rings. The predicted molar refractivity (Wildman–Crippen MR) is 89.8 cm³/mol. The van der Waals surface area contributed by atoms with Crippen molar-refractivity contribution in [3.63, 3.8) is 0 Å².